The normalized spacial score (nSPS) is 15.2. The van der Waals surface area contributed by atoms with Gasteiger partial charge in [0.1, 0.15) is 4.99 Å². The van der Waals surface area contributed by atoms with E-state index in [-0.39, 0.29) is 0 Å². The van der Waals surface area contributed by atoms with Crippen molar-refractivity contribution in [3.63, 3.8) is 0 Å². The van der Waals surface area contributed by atoms with Crippen molar-refractivity contribution in [2.75, 3.05) is 11.9 Å². The molecule has 3 nitrogen and oxygen atoms in total. The van der Waals surface area contributed by atoms with Gasteiger partial charge < -0.3 is 10.6 Å². The molecule has 14 heavy (non-hydrogen) atoms. The van der Waals surface area contributed by atoms with Gasteiger partial charge in [-0.2, -0.15) is 0 Å². The molecule has 1 saturated carbocycles. The van der Waals surface area contributed by atoms with Crippen LogP contribution in [0.4, 0.5) is 5.69 Å². The van der Waals surface area contributed by atoms with E-state index in [0.29, 0.717) is 16.7 Å². The quantitative estimate of drug-likeness (QED) is 0.759. The molecule has 2 rings (SSSR count). The SMILES string of the molecule is CN(c1ccnc(C(N)=S)c1)C1CC1. The summed E-state index contributed by atoms with van der Waals surface area (Å²) >= 11 is 4.89. The monoisotopic (exact) mass is 207 g/mol. The molecule has 0 saturated heterocycles. The van der Waals surface area contributed by atoms with Crippen LogP contribution in [0.1, 0.15) is 18.5 Å². The first-order valence-electron chi connectivity index (χ1n) is 4.67. The van der Waals surface area contributed by atoms with Crippen LogP contribution in [0.3, 0.4) is 0 Å². The first-order chi connectivity index (χ1) is 6.68. The van der Waals surface area contributed by atoms with E-state index in [0.717, 1.165) is 5.69 Å². The lowest BCUT2D eigenvalue weighted by molar-refractivity contribution is 0.914. The van der Waals surface area contributed by atoms with Crippen LogP contribution in [-0.2, 0) is 0 Å². The molecule has 1 aromatic heterocycles. The van der Waals surface area contributed by atoms with Gasteiger partial charge in [0, 0.05) is 25.0 Å². The van der Waals surface area contributed by atoms with E-state index >= 15 is 0 Å². The van der Waals surface area contributed by atoms with Crippen molar-refractivity contribution in [1.29, 1.82) is 0 Å². The molecule has 1 fully saturated rings. The maximum absolute atomic E-state index is 5.52. The average Bonchev–Trinajstić information content (AvgIpc) is 3.00. The molecular weight excluding hydrogens is 194 g/mol. The van der Waals surface area contributed by atoms with Crippen LogP contribution in [0.15, 0.2) is 18.3 Å². The predicted octanol–water partition coefficient (Wildman–Crippen LogP) is 1.31. The Labute approximate surface area is 88.9 Å². The molecule has 4 heteroatoms. The number of hydrogen-bond donors (Lipinski definition) is 1. The highest BCUT2D eigenvalue weighted by Crippen LogP contribution is 2.29. The summed E-state index contributed by atoms with van der Waals surface area (Å²) in [6.07, 6.45) is 4.31. The molecule has 74 valence electrons. The minimum atomic E-state index is 0.357. The van der Waals surface area contributed by atoms with Crippen molar-refractivity contribution in [2.24, 2.45) is 5.73 Å². The summed E-state index contributed by atoms with van der Waals surface area (Å²) < 4.78 is 0. The topological polar surface area (TPSA) is 42.2 Å². The third-order valence-electron chi connectivity index (χ3n) is 2.50. The van der Waals surface area contributed by atoms with E-state index < -0.39 is 0 Å². The minimum absolute atomic E-state index is 0.357. The van der Waals surface area contributed by atoms with Crippen molar-refractivity contribution < 1.29 is 0 Å². The molecule has 0 aromatic carbocycles. The van der Waals surface area contributed by atoms with Crippen LogP contribution < -0.4 is 10.6 Å². The van der Waals surface area contributed by atoms with Gasteiger partial charge >= 0.3 is 0 Å². The van der Waals surface area contributed by atoms with Gasteiger partial charge in [0.2, 0.25) is 0 Å². The van der Waals surface area contributed by atoms with E-state index in [4.69, 9.17) is 18.0 Å². The Morgan fingerprint density at radius 1 is 1.64 bits per heavy atom. The second-order valence-electron chi connectivity index (χ2n) is 3.61. The Morgan fingerprint density at radius 3 is 2.93 bits per heavy atom. The molecule has 0 bridgehead atoms. The summed E-state index contributed by atoms with van der Waals surface area (Å²) in [6.45, 7) is 0. The average molecular weight is 207 g/mol. The van der Waals surface area contributed by atoms with E-state index in [9.17, 15) is 0 Å². The molecule has 1 aliphatic carbocycles. The zero-order valence-electron chi connectivity index (χ0n) is 8.10. The van der Waals surface area contributed by atoms with Crippen LogP contribution >= 0.6 is 12.2 Å². The summed E-state index contributed by atoms with van der Waals surface area (Å²) in [5.74, 6) is 0. The number of aromatic nitrogens is 1. The van der Waals surface area contributed by atoms with Gasteiger partial charge in [-0.15, -0.1) is 0 Å². The summed E-state index contributed by atoms with van der Waals surface area (Å²) in [6, 6.07) is 4.62. The fraction of sp³-hybridized carbons (Fsp3) is 0.400. The number of nitrogens with zero attached hydrogens (tertiary/aromatic N) is 2. The largest absolute Gasteiger partial charge is 0.388 e. The Bertz CT molecular complexity index is 360. The zero-order chi connectivity index (χ0) is 10.1. The van der Waals surface area contributed by atoms with Crippen LogP contribution in [0.2, 0.25) is 0 Å². The smallest absolute Gasteiger partial charge is 0.122 e. The molecule has 0 amide bonds. The van der Waals surface area contributed by atoms with Gasteiger partial charge in [0.15, 0.2) is 0 Å². The fourth-order valence-corrected chi connectivity index (χ4v) is 1.56. The lowest BCUT2D eigenvalue weighted by Gasteiger charge is -2.18. The van der Waals surface area contributed by atoms with Gasteiger partial charge in [-0.05, 0) is 25.0 Å². The Kier molecular flexibility index (Phi) is 2.37. The van der Waals surface area contributed by atoms with Gasteiger partial charge in [-0.1, -0.05) is 12.2 Å². The molecule has 1 aliphatic rings. The standard InChI is InChI=1S/C10H13N3S/c1-13(7-2-3-7)8-4-5-12-9(6-8)10(11)14/h4-7H,2-3H2,1H3,(H2,11,14). The van der Waals surface area contributed by atoms with Gasteiger partial charge in [-0.25, -0.2) is 0 Å². The van der Waals surface area contributed by atoms with Crippen molar-refractivity contribution >= 4 is 22.9 Å². The number of thiocarbonyl (C=S) groups is 1. The number of hydrogen-bond acceptors (Lipinski definition) is 3. The predicted molar refractivity (Wildman–Crippen MR) is 61.5 cm³/mol. The maximum atomic E-state index is 5.52. The first kappa shape index (κ1) is 9.40. The highest BCUT2D eigenvalue weighted by Gasteiger charge is 2.26. The van der Waals surface area contributed by atoms with E-state index in [2.05, 4.69) is 16.9 Å². The van der Waals surface area contributed by atoms with E-state index in [1.165, 1.54) is 12.8 Å². The van der Waals surface area contributed by atoms with Crippen molar-refractivity contribution in [3.05, 3.63) is 24.0 Å². The van der Waals surface area contributed by atoms with Crippen LogP contribution in [0, 0.1) is 0 Å². The summed E-state index contributed by atoms with van der Waals surface area (Å²) in [5.41, 5.74) is 7.37. The highest BCUT2D eigenvalue weighted by atomic mass is 32.1. The molecule has 0 atom stereocenters. The molecule has 0 aliphatic heterocycles. The third kappa shape index (κ3) is 1.85. The molecule has 1 aromatic rings. The number of pyridine rings is 1. The lowest BCUT2D eigenvalue weighted by atomic mass is 10.3. The van der Waals surface area contributed by atoms with Crippen LogP contribution in [0.25, 0.3) is 0 Å². The van der Waals surface area contributed by atoms with Gasteiger partial charge in [0.25, 0.3) is 0 Å². The fourth-order valence-electron chi connectivity index (χ4n) is 1.45. The first-order valence-corrected chi connectivity index (χ1v) is 5.08. The number of anilines is 1. The third-order valence-corrected chi connectivity index (χ3v) is 2.71. The maximum Gasteiger partial charge on any atom is 0.122 e. The molecular formula is C10H13N3S. The molecule has 0 unspecified atom stereocenters. The zero-order valence-corrected chi connectivity index (χ0v) is 8.92. The van der Waals surface area contributed by atoms with Crippen molar-refractivity contribution in [3.8, 4) is 0 Å². The molecule has 2 N–H and O–H groups in total. The van der Waals surface area contributed by atoms with E-state index in [1.807, 2.05) is 12.1 Å². The van der Waals surface area contributed by atoms with Gasteiger partial charge in [0.05, 0.1) is 5.69 Å². The second-order valence-corrected chi connectivity index (χ2v) is 4.05. The van der Waals surface area contributed by atoms with Crippen LogP contribution in [-0.4, -0.2) is 23.1 Å². The lowest BCUT2D eigenvalue weighted by Crippen LogP contribution is -2.20. The highest BCUT2D eigenvalue weighted by molar-refractivity contribution is 7.80. The number of nitrogens with two attached hydrogens (primary N) is 1. The minimum Gasteiger partial charge on any atom is -0.388 e. The molecule has 0 radical (unpaired) electrons. The second kappa shape index (κ2) is 3.53. The van der Waals surface area contributed by atoms with Crippen molar-refractivity contribution in [2.45, 2.75) is 18.9 Å². The number of rotatable bonds is 3. The molecule has 1 heterocycles. The summed E-state index contributed by atoms with van der Waals surface area (Å²) in [4.78, 5) is 6.72. The Hall–Kier alpha value is -1.16. The van der Waals surface area contributed by atoms with Crippen molar-refractivity contribution in [1.82, 2.24) is 4.98 Å². The molecule has 0 spiro atoms. The van der Waals surface area contributed by atoms with E-state index in [1.54, 1.807) is 6.20 Å². The Morgan fingerprint density at radius 2 is 2.36 bits per heavy atom. The summed E-state index contributed by atoms with van der Waals surface area (Å²) in [5, 5.41) is 0. The van der Waals surface area contributed by atoms with Gasteiger partial charge in [-0.3, -0.25) is 4.98 Å². The Balaban J connectivity index is 2.24. The summed E-state index contributed by atoms with van der Waals surface area (Å²) in [7, 11) is 2.09. The van der Waals surface area contributed by atoms with Crippen LogP contribution in [0.5, 0.6) is 0 Å².